The summed E-state index contributed by atoms with van der Waals surface area (Å²) in [6.07, 6.45) is 0. The highest BCUT2D eigenvalue weighted by atomic mass is 32.2. The summed E-state index contributed by atoms with van der Waals surface area (Å²) in [5, 5.41) is 4.17. The van der Waals surface area contributed by atoms with Gasteiger partial charge in [0, 0.05) is 5.56 Å². The molecule has 0 atom stereocenters. The minimum Gasteiger partial charge on any atom is -0.493 e. The SMILES string of the molecule is COc1ccc(/C(C)=N/NC(=O)CSc2nc3ccccc3s2)cc1OC. The fourth-order valence-corrected chi connectivity index (χ4v) is 4.21. The van der Waals surface area contributed by atoms with Gasteiger partial charge in [0.15, 0.2) is 15.8 Å². The van der Waals surface area contributed by atoms with Crippen molar-refractivity contribution >= 4 is 44.9 Å². The first-order valence-electron chi connectivity index (χ1n) is 8.14. The number of amides is 1. The molecule has 0 saturated heterocycles. The molecule has 1 N–H and O–H groups in total. The van der Waals surface area contributed by atoms with E-state index < -0.39 is 0 Å². The van der Waals surface area contributed by atoms with E-state index in [2.05, 4.69) is 15.5 Å². The van der Waals surface area contributed by atoms with Crippen LogP contribution in [0, 0.1) is 0 Å². The lowest BCUT2D eigenvalue weighted by atomic mass is 10.1. The van der Waals surface area contributed by atoms with Crippen molar-refractivity contribution < 1.29 is 14.3 Å². The fraction of sp³-hybridized carbons (Fsp3) is 0.211. The molecule has 6 nitrogen and oxygen atoms in total. The van der Waals surface area contributed by atoms with Gasteiger partial charge in [-0.05, 0) is 37.3 Å². The molecular formula is C19H19N3O3S2. The Bertz CT molecular complexity index is 952. The molecular weight excluding hydrogens is 382 g/mol. The van der Waals surface area contributed by atoms with E-state index >= 15 is 0 Å². The van der Waals surface area contributed by atoms with Crippen molar-refractivity contribution in [2.75, 3.05) is 20.0 Å². The van der Waals surface area contributed by atoms with E-state index in [-0.39, 0.29) is 11.7 Å². The van der Waals surface area contributed by atoms with Crippen LogP contribution < -0.4 is 14.9 Å². The summed E-state index contributed by atoms with van der Waals surface area (Å²) in [5.41, 5.74) is 5.05. The summed E-state index contributed by atoms with van der Waals surface area (Å²) in [4.78, 5) is 16.6. The van der Waals surface area contributed by atoms with E-state index in [1.54, 1.807) is 31.6 Å². The van der Waals surface area contributed by atoms with Gasteiger partial charge >= 0.3 is 0 Å². The molecule has 1 heterocycles. The molecule has 0 spiro atoms. The number of benzene rings is 2. The van der Waals surface area contributed by atoms with Crippen LogP contribution in [0.2, 0.25) is 0 Å². The average molecular weight is 402 g/mol. The number of hydrogen-bond donors (Lipinski definition) is 1. The maximum Gasteiger partial charge on any atom is 0.250 e. The number of para-hydroxylation sites is 1. The van der Waals surface area contributed by atoms with Crippen molar-refractivity contribution in [1.29, 1.82) is 0 Å². The number of nitrogens with zero attached hydrogens (tertiary/aromatic N) is 2. The van der Waals surface area contributed by atoms with Crippen molar-refractivity contribution in [3.8, 4) is 11.5 Å². The van der Waals surface area contributed by atoms with E-state index in [0.29, 0.717) is 17.2 Å². The number of ether oxygens (including phenoxy) is 2. The second-order valence-corrected chi connectivity index (χ2v) is 7.79. The highest BCUT2D eigenvalue weighted by Gasteiger charge is 2.09. The zero-order chi connectivity index (χ0) is 19.2. The number of aromatic nitrogens is 1. The number of thiazole rings is 1. The molecule has 0 saturated carbocycles. The van der Waals surface area contributed by atoms with Gasteiger partial charge in [0.05, 0.1) is 35.9 Å². The number of nitrogens with one attached hydrogen (secondary N) is 1. The topological polar surface area (TPSA) is 72.8 Å². The van der Waals surface area contributed by atoms with Crippen LogP contribution in [0.25, 0.3) is 10.2 Å². The minimum absolute atomic E-state index is 0.181. The highest BCUT2D eigenvalue weighted by molar-refractivity contribution is 8.01. The van der Waals surface area contributed by atoms with Gasteiger partial charge in [-0.1, -0.05) is 23.9 Å². The monoisotopic (exact) mass is 401 g/mol. The van der Waals surface area contributed by atoms with E-state index in [1.807, 2.05) is 43.3 Å². The number of hydrazone groups is 1. The van der Waals surface area contributed by atoms with Crippen molar-refractivity contribution in [1.82, 2.24) is 10.4 Å². The van der Waals surface area contributed by atoms with Crippen LogP contribution in [0.15, 0.2) is 51.9 Å². The lowest BCUT2D eigenvalue weighted by Gasteiger charge is -2.09. The Morgan fingerprint density at radius 1 is 1.19 bits per heavy atom. The van der Waals surface area contributed by atoms with Crippen molar-refractivity contribution in [2.45, 2.75) is 11.3 Å². The Labute approximate surface area is 165 Å². The third-order valence-electron chi connectivity index (χ3n) is 3.75. The van der Waals surface area contributed by atoms with Crippen LogP contribution in [0.3, 0.4) is 0 Å². The number of fused-ring (bicyclic) bond motifs is 1. The summed E-state index contributed by atoms with van der Waals surface area (Å²) in [6.45, 7) is 1.82. The molecule has 2 aromatic carbocycles. The predicted octanol–water partition coefficient (Wildman–Crippen LogP) is 3.95. The van der Waals surface area contributed by atoms with E-state index in [0.717, 1.165) is 20.1 Å². The van der Waals surface area contributed by atoms with Crippen molar-refractivity contribution in [3.63, 3.8) is 0 Å². The molecule has 0 radical (unpaired) electrons. The molecule has 0 fully saturated rings. The molecule has 8 heteroatoms. The highest BCUT2D eigenvalue weighted by Crippen LogP contribution is 2.29. The summed E-state index contributed by atoms with van der Waals surface area (Å²) < 4.78 is 12.5. The van der Waals surface area contributed by atoms with Gasteiger partial charge in [-0.15, -0.1) is 11.3 Å². The third-order valence-corrected chi connectivity index (χ3v) is 5.93. The summed E-state index contributed by atoms with van der Waals surface area (Å²) in [7, 11) is 3.16. The minimum atomic E-state index is -0.181. The molecule has 0 aliphatic rings. The quantitative estimate of drug-likeness (QED) is 0.369. The molecule has 1 amide bonds. The maximum atomic E-state index is 12.1. The Balaban J connectivity index is 1.58. The second kappa shape index (κ2) is 8.88. The molecule has 27 heavy (non-hydrogen) atoms. The molecule has 0 unspecified atom stereocenters. The zero-order valence-electron chi connectivity index (χ0n) is 15.2. The van der Waals surface area contributed by atoms with Crippen molar-refractivity contribution in [3.05, 3.63) is 48.0 Å². The van der Waals surface area contributed by atoms with E-state index in [9.17, 15) is 4.79 Å². The lowest BCUT2D eigenvalue weighted by molar-refractivity contribution is -0.118. The first-order valence-corrected chi connectivity index (χ1v) is 9.95. The molecule has 140 valence electrons. The standard InChI is InChI=1S/C19H19N3O3S2/c1-12(13-8-9-15(24-2)16(10-13)25-3)21-22-18(23)11-26-19-20-14-6-4-5-7-17(14)27-19/h4-10H,11H2,1-3H3,(H,22,23)/b21-12+. The van der Waals surface area contributed by atoms with Gasteiger partial charge in [-0.2, -0.15) is 5.10 Å². The molecule has 0 aliphatic heterocycles. The van der Waals surface area contributed by atoms with E-state index in [1.165, 1.54) is 11.8 Å². The average Bonchev–Trinajstić information content (AvgIpc) is 3.12. The van der Waals surface area contributed by atoms with Crippen LogP contribution >= 0.6 is 23.1 Å². The first kappa shape index (κ1) is 19.2. The summed E-state index contributed by atoms with van der Waals surface area (Å²) in [5.74, 6) is 1.33. The van der Waals surface area contributed by atoms with Crippen LogP contribution in [-0.2, 0) is 4.79 Å². The van der Waals surface area contributed by atoms with Gasteiger partial charge < -0.3 is 9.47 Å². The van der Waals surface area contributed by atoms with Crippen LogP contribution in [0.1, 0.15) is 12.5 Å². The lowest BCUT2D eigenvalue weighted by Crippen LogP contribution is -2.21. The molecule has 3 aromatic rings. The number of hydrogen-bond acceptors (Lipinski definition) is 7. The number of methoxy groups -OCH3 is 2. The normalized spacial score (nSPS) is 11.4. The Morgan fingerprint density at radius 3 is 2.70 bits per heavy atom. The molecule has 0 bridgehead atoms. The van der Waals surface area contributed by atoms with Gasteiger partial charge in [0.1, 0.15) is 0 Å². The smallest absolute Gasteiger partial charge is 0.250 e. The predicted molar refractivity (Wildman–Crippen MR) is 110 cm³/mol. The van der Waals surface area contributed by atoms with E-state index in [4.69, 9.17) is 9.47 Å². The van der Waals surface area contributed by atoms with Crippen LogP contribution in [-0.4, -0.2) is 36.6 Å². The Hall–Kier alpha value is -2.58. The fourth-order valence-electron chi connectivity index (χ4n) is 2.34. The van der Waals surface area contributed by atoms with Crippen molar-refractivity contribution in [2.24, 2.45) is 5.10 Å². The number of thioether (sulfide) groups is 1. The number of carbonyl (C=O) groups is 1. The second-order valence-electron chi connectivity index (χ2n) is 5.54. The Morgan fingerprint density at radius 2 is 1.96 bits per heavy atom. The van der Waals surface area contributed by atoms with Crippen LogP contribution in [0.4, 0.5) is 0 Å². The summed E-state index contributed by atoms with van der Waals surface area (Å²) in [6, 6.07) is 13.4. The third kappa shape index (κ3) is 4.78. The van der Waals surface area contributed by atoms with Gasteiger partial charge in [0.25, 0.3) is 5.91 Å². The van der Waals surface area contributed by atoms with Gasteiger partial charge in [-0.3, -0.25) is 4.79 Å². The first-order chi connectivity index (χ1) is 13.1. The number of carbonyl (C=O) groups excluding carboxylic acids is 1. The van der Waals surface area contributed by atoms with Gasteiger partial charge in [0.2, 0.25) is 0 Å². The zero-order valence-corrected chi connectivity index (χ0v) is 16.8. The summed E-state index contributed by atoms with van der Waals surface area (Å²) >= 11 is 2.98. The molecule has 1 aromatic heterocycles. The van der Waals surface area contributed by atoms with Crippen LogP contribution in [0.5, 0.6) is 11.5 Å². The molecule has 0 aliphatic carbocycles. The van der Waals surface area contributed by atoms with Gasteiger partial charge in [-0.25, -0.2) is 10.4 Å². The Kier molecular flexibility index (Phi) is 6.31. The number of rotatable bonds is 7. The largest absolute Gasteiger partial charge is 0.493 e. The molecule has 3 rings (SSSR count). The maximum absolute atomic E-state index is 12.1.